The highest BCUT2D eigenvalue weighted by Gasteiger charge is 2.62. The maximum Gasteiger partial charge on any atom is 0.307 e. The molecule has 16 heavy (non-hydrogen) atoms. The van der Waals surface area contributed by atoms with Crippen molar-refractivity contribution >= 4 is 5.97 Å². The van der Waals surface area contributed by atoms with E-state index in [0.717, 1.165) is 0 Å². The molecule has 1 aliphatic rings. The number of hydrogen-bond donors (Lipinski definition) is 1. The summed E-state index contributed by atoms with van der Waals surface area (Å²) >= 11 is 0. The van der Waals surface area contributed by atoms with E-state index in [1.165, 1.54) is 16.7 Å². The van der Waals surface area contributed by atoms with Crippen LogP contribution in [0.1, 0.15) is 36.5 Å². The number of aliphatic carboxylic acids is 1. The second-order valence-corrected chi connectivity index (χ2v) is 5.40. The van der Waals surface area contributed by atoms with E-state index in [9.17, 15) is 9.90 Å². The Morgan fingerprint density at radius 3 is 2.44 bits per heavy atom. The number of carbonyl (C=O) groups is 1. The molecular weight excluding hydrogens is 200 g/mol. The predicted molar refractivity (Wildman–Crippen MR) is 63.6 cm³/mol. The van der Waals surface area contributed by atoms with E-state index >= 15 is 0 Å². The topological polar surface area (TPSA) is 37.3 Å². The van der Waals surface area contributed by atoms with Crippen LogP contribution < -0.4 is 0 Å². The normalized spacial score (nSPS) is 26.5. The molecule has 1 aromatic carbocycles. The van der Waals surface area contributed by atoms with Crippen LogP contribution in [0.25, 0.3) is 0 Å². The summed E-state index contributed by atoms with van der Waals surface area (Å²) in [5, 5.41) is 9.18. The maximum atomic E-state index is 11.2. The third kappa shape index (κ3) is 1.44. The lowest BCUT2D eigenvalue weighted by molar-refractivity contribution is -0.139. The fourth-order valence-corrected chi connectivity index (χ4v) is 2.79. The molecule has 0 aromatic heterocycles. The molecule has 2 heteroatoms. The standard InChI is InChI=1S/C14H18O2/c1-8-6-5-7-10(9(8)2)11-12(13(15)16)14(11,3)4/h5-7,11-12H,1-4H3,(H,15,16)/t11-,12+/m1/s1. The van der Waals surface area contributed by atoms with Crippen LogP contribution >= 0.6 is 0 Å². The summed E-state index contributed by atoms with van der Waals surface area (Å²) in [5.41, 5.74) is 3.58. The molecule has 0 amide bonds. The van der Waals surface area contributed by atoms with Gasteiger partial charge in [0.25, 0.3) is 0 Å². The van der Waals surface area contributed by atoms with Crippen LogP contribution in [0.15, 0.2) is 18.2 Å². The highest BCUT2D eigenvalue weighted by Crippen LogP contribution is 2.64. The van der Waals surface area contributed by atoms with E-state index in [1.807, 2.05) is 19.9 Å². The molecular formula is C14H18O2. The van der Waals surface area contributed by atoms with Crippen molar-refractivity contribution in [3.8, 4) is 0 Å². The van der Waals surface area contributed by atoms with Crippen molar-refractivity contribution in [2.24, 2.45) is 11.3 Å². The SMILES string of the molecule is Cc1cccc([C@@H]2[C@@H](C(=O)O)C2(C)C)c1C. The largest absolute Gasteiger partial charge is 0.481 e. The van der Waals surface area contributed by atoms with E-state index in [-0.39, 0.29) is 17.3 Å². The molecule has 0 heterocycles. The molecule has 0 unspecified atom stereocenters. The molecule has 0 bridgehead atoms. The molecule has 0 spiro atoms. The molecule has 1 aliphatic carbocycles. The van der Waals surface area contributed by atoms with Crippen molar-refractivity contribution in [3.63, 3.8) is 0 Å². The first-order chi connectivity index (χ1) is 7.37. The smallest absolute Gasteiger partial charge is 0.307 e. The minimum Gasteiger partial charge on any atom is -0.481 e. The quantitative estimate of drug-likeness (QED) is 0.828. The summed E-state index contributed by atoms with van der Waals surface area (Å²) in [6, 6.07) is 6.16. The van der Waals surface area contributed by atoms with Crippen LogP contribution in [0.4, 0.5) is 0 Å². The summed E-state index contributed by atoms with van der Waals surface area (Å²) in [7, 11) is 0. The third-order valence-corrected chi connectivity index (χ3v) is 4.07. The molecule has 0 aliphatic heterocycles. The number of carboxylic acids is 1. The second kappa shape index (κ2) is 3.34. The highest BCUT2D eigenvalue weighted by atomic mass is 16.4. The number of hydrogen-bond acceptors (Lipinski definition) is 1. The summed E-state index contributed by atoms with van der Waals surface area (Å²) < 4.78 is 0. The molecule has 2 atom stereocenters. The van der Waals surface area contributed by atoms with Crippen molar-refractivity contribution in [2.75, 3.05) is 0 Å². The first-order valence-corrected chi connectivity index (χ1v) is 5.66. The first kappa shape index (κ1) is 11.2. The average molecular weight is 218 g/mol. The van der Waals surface area contributed by atoms with Crippen LogP contribution in [0.5, 0.6) is 0 Å². The average Bonchev–Trinajstić information content (AvgIpc) is 2.74. The minimum atomic E-state index is -0.670. The van der Waals surface area contributed by atoms with Crippen molar-refractivity contribution in [1.82, 2.24) is 0 Å². The lowest BCUT2D eigenvalue weighted by atomic mass is 9.96. The summed E-state index contributed by atoms with van der Waals surface area (Å²) in [6.07, 6.45) is 0. The van der Waals surface area contributed by atoms with Gasteiger partial charge in [0.15, 0.2) is 0 Å². The van der Waals surface area contributed by atoms with Gasteiger partial charge >= 0.3 is 5.97 Å². The lowest BCUT2D eigenvalue weighted by Crippen LogP contribution is -2.03. The van der Waals surface area contributed by atoms with E-state index in [0.29, 0.717) is 0 Å². The van der Waals surface area contributed by atoms with Crippen molar-refractivity contribution in [1.29, 1.82) is 0 Å². The van der Waals surface area contributed by atoms with E-state index < -0.39 is 5.97 Å². The van der Waals surface area contributed by atoms with Gasteiger partial charge in [-0.25, -0.2) is 0 Å². The second-order valence-electron chi connectivity index (χ2n) is 5.40. The summed E-state index contributed by atoms with van der Waals surface area (Å²) in [6.45, 7) is 8.23. The van der Waals surface area contributed by atoms with E-state index in [2.05, 4.69) is 26.0 Å². The molecule has 1 aromatic rings. The Morgan fingerprint density at radius 2 is 1.94 bits per heavy atom. The van der Waals surface area contributed by atoms with Crippen LogP contribution in [-0.4, -0.2) is 11.1 Å². The van der Waals surface area contributed by atoms with Crippen LogP contribution in [-0.2, 0) is 4.79 Å². The van der Waals surface area contributed by atoms with Crippen molar-refractivity contribution in [3.05, 3.63) is 34.9 Å². The lowest BCUT2D eigenvalue weighted by Gasteiger charge is -2.09. The van der Waals surface area contributed by atoms with E-state index in [1.54, 1.807) is 0 Å². The molecule has 2 nitrogen and oxygen atoms in total. The van der Waals surface area contributed by atoms with Crippen molar-refractivity contribution in [2.45, 2.75) is 33.6 Å². The maximum absolute atomic E-state index is 11.2. The Kier molecular flexibility index (Phi) is 2.33. The zero-order chi connectivity index (χ0) is 12.1. The monoisotopic (exact) mass is 218 g/mol. The van der Waals surface area contributed by atoms with Crippen LogP contribution in [0.2, 0.25) is 0 Å². The van der Waals surface area contributed by atoms with Gasteiger partial charge in [0, 0.05) is 5.92 Å². The van der Waals surface area contributed by atoms with Gasteiger partial charge in [-0.2, -0.15) is 0 Å². The zero-order valence-corrected chi connectivity index (χ0v) is 10.2. The van der Waals surface area contributed by atoms with Gasteiger partial charge in [0.2, 0.25) is 0 Å². The molecule has 0 radical (unpaired) electrons. The predicted octanol–water partition coefficient (Wildman–Crippen LogP) is 3.13. The van der Waals surface area contributed by atoms with Gasteiger partial charge in [0.1, 0.15) is 0 Å². The zero-order valence-electron chi connectivity index (χ0n) is 10.2. The summed E-state index contributed by atoms with van der Waals surface area (Å²) in [5.74, 6) is -0.728. The Morgan fingerprint density at radius 1 is 1.31 bits per heavy atom. The van der Waals surface area contributed by atoms with Gasteiger partial charge in [-0.15, -0.1) is 0 Å². The fourth-order valence-electron chi connectivity index (χ4n) is 2.79. The molecule has 1 N–H and O–H groups in total. The number of rotatable bonds is 2. The summed E-state index contributed by atoms with van der Waals surface area (Å²) in [4.78, 5) is 11.2. The Hall–Kier alpha value is -1.31. The minimum absolute atomic E-state index is 0.107. The van der Waals surface area contributed by atoms with Gasteiger partial charge in [0.05, 0.1) is 5.92 Å². The third-order valence-electron chi connectivity index (χ3n) is 4.07. The molecule has 1 saturated carbocycles. The number of aryl methyl sites for hydroxylation is 1. The number of carboxylic acid groups (broad SMARTS) is 1. The van der Waals surface area contributed by atoms with Gasteiger partial charge in [-0.3, -0.25) is 4.79 Å². The molecule has 86 valence electrons. The molecule has 1 fully saturated rings. The van der Waals surface area contributed by atoms with Crippen molar-refractivity contribution < 1.29 is 9.90 Å². The van der Waals surface area contributed by atoms with Gasteiger partial charge in [-0.05, 0) is 36.0 Å². The van der Waals surface area contributed by atoms with Crippen LogP contribution in [0, 0.1) is 25.2 Å². The van der Waals surface area contributed by atoms with E-state index in [4.69, 9.17) is 0 Å². The Bertz CT molecular complexity index is 446. The number of benzene rings is 1. The van der Waals surface area contributed by atoms with Gasteiger partial charge < -0.3 is 5.11 Å². The van der Waals surface area contributed by atoms with Gasteiger partial charge in [-0.1, -0.05) is 32.0 Å². The Balaban J connectivity index is 2.41. The highest BCUT2D eigenvalue weighted by molar-refractivity contribution is 5.77. The van der Waals surface area contributed by atoms with Crippen LogP contribution in [0.3, 0.4) is 0 Å². The molecule has 0 saturated heterocycles. The Labute approximate surface area is 96.3 Å². The fraction of sp³-hybridized carbons (Fsp3) is 0.500. The first-order valence-electron chi connectivity index (χ1n) is 5.66. The molecule has 2 rings (SSSR count).